The second kappa shape index (κ2) is 6.24. The molecule has 22 heavy (non-hydrogen) atoms. The minimum Gasteiger partial charge on any atom is -0.479 e. The minimum absolute atomic E-state index is 0.0135. The van der Waals surface area contributed by atoms with Gasteiger partial charge in [-0.15, -0.1) is 0 Å². The highest BCUT2D eigenvalue weighted by Gasteiger charge is 2.40. The summed E-state index contributed by atoms with van der Waals surface area (Å²) in [6.07, 6.45) is 3.49. The molecule has 2 aliphatic heterocycles. The molecule has 0 saturated carbocycles. The zero-order valence-electron chi connectivity index (χ0n) is 13.0. The molecule has 0 amide bonds. The Kier molecular flexibility index (Phi) is 4.34. The first-order chi connectivity index (χ1) is 10.5. The van der Waals surface area contributed by atoms with Crippen LogP contribution >= 0.6 is 0 Å². The molecule has 2 heterocycles. The first kappa shape index (κ1) is 15.3. The number of ether oxygens (including phenoxy) is 2. The monoisotopic (exact) mass is 307 g/mol. The molecule has 3 atom stereocenters. The predicted octanol–water partition coefficient (Wildman–Crippen LogP) is 2.76. The minimum atomic E-state index is -0.692. The lowest BCUT2D eigenvalue weighted by Gasteiger charge is -2.36. The molecule has 0 aliphatic carbocycles. The fourth-order valence-corrected chi connectivity index (χ4v) is 3.48. The van der Waals surface area contributed by atoms with Crippen molar-refractivity contribution in [2.24, 2.45) is 0 Å². The van der Waals surface area contributed by atoms with Gasteiger partial charge >= 0.3 is 5.97 Å². The molecular weight excluding hydrogens is 285 g/mol. The fourth-order valence-electron chi connectivity index (χ4n) is 3.48. The summed E-state index contributed by atoms with van der Waals surface area (Å²) in [6.45, 7) is 1.66. The van der Waals surface area contributed by atoms with Gasteiger partial charge < -0.3 is 14.4 Å². The zero-order valence-corrected chi connectivity index (χ0v) is 13.0. The van der Waals surface area contributed by atoms with Gasteiger partial charge in [-0.3, -0.25) is 0 Å². The average molecular weight is 307 g/mol. The van der Waals surface area contributed by atoms with E-state index in [1.54, 1.807) is 6.92 Å². The van der Waals surface area contributed by atoms with E-state index in [1.807, 2.05) is 0 Å². The van der Waals surface area contributed by atoms with Crippen LogP contribution in [0.3, 0.4) is 0 Å². The molecule has 0 aromatic heterocycles. The third-order valence-electron chi connectivity index (χ3n) is 4.80. The van der Waals surface area contributed by atoms with Crippen LogP contribution in [0.1, 0.15) is 32.6 Å². The standard InChI is InChI=1S/C17H22FNO3/c1-11(21-15-7-3-12(18)4-8-15)17(20)22-16-9-13-5-6-14(10-16)19(13)2/h3-4,7-8,11,13-14,16H,5-6,9-10H2,1-2H3/t11-,13?,14?,16?/m0/s1. The number of fused-ring (bicyclic) bond motifs is 2. The number of hydrogen-bond acceptors (Lipinski definition) is 4. The summed E-state index contributed by atoms with van der Waals surface area (Å²) in [4.78, 5) is 14.6. The van der Waals surface area contributed by atoms with Crippen molar-refractivity contribution in [1.29, 1.82) is 0 Å². The van der Waals surface area contributed by atoms with Crippen LogP contribution in [0.2, 0.25) is 0 Å². The van der Waals surface area contributed by atoms with E-state index in [-0.39, 0.29) is 17.9 Å². The number of carbonyl (C=O) groups excluding carboxylic acids is 1. The van der Waals surface area contributed by atoms with Gasteiger partial charge in [0, 0.05) is 12.1 Å². The third kappa shape index (κ3) is 3.24. The van der Waals surface area contributed by atoms with Crippen LogP contribution in [0.4, 0.5) is 4.39 Å². The van der Waals surface area contributed by atoms with Crippen molar-refractivity contribution >= 4 is 5.97 Å². The lowest BCUT2D eigenvalue weighted by atomic mass is 10.0. The van der Waals surface area contributed by atoms with Crippen LogP contribution in [0.15, 0.2) is 24.3 Å². The Morgan fingerprint density at radius 1 is 1.23 bits per heavy atom. The van der Waals surface area contributed by atoms with E-state index >= 15 is 0 Å². The molecule has 2 bridgehead atoms. The second-order valence-electron chi connectivity index (χ2n) is 6.29. The van der Waals surface area contributed by atoms with Crippen molar-refractivity contribution in [3.63, 3.8) is 0 Å². The molecule has 2 saturated heterocycles. The van der Waals surface area contributed by atoms with E-state index in [2.05, 4.69) is 11.9 Å². The van der Waals surface area contributed by atoms with Crippen LogP contribution in [0.5, 0.6) is 5.75 Å². The Morgan fingerprint density at radius 3 is 2.41 bits per heavy atom. The molecular formula is C17H22FNO3. The predicted molar refractivity (Wildman–Crippen MR) is 80.2 cm³/mol. The average Bonchev–Trinajstić information content (AvgIpc) is 2.72. The number of benzene rings is 1. The number of nitrogens with zero attached hydrogens (tertiary/aromatic N) is 1. The smallest absolute Gasteiger partial charge is 0.347 e. The van der Waals surface area contributed by atoms with Crippen molar-refractivity contribution in [1.82, 2.24) is 4.90 Å². The number of piperidine rings is 1. The van der Waals surface area contributed by atoms with E-state index in [9.17, 15) is 9.18 Å². The van der Waals surface area contributed by atoms with E-state index in [0.29, 0.717) is 17.8 Å². The van der Waals surface area contributed by atoms with Gasteiger partial charge in [0.05, 0.1) is 0 Å². The van der Waals surface area contributed by atoms with Gasteiger partial charge in [-0.1, -0.05) is 0 Å². The largest absolute Gasteiger partial charge is 0.479 e. The summed E-state index contributed by atoms with van der Waals surface area (Å²) in [5, 5.41) is 0. The topological polar surface area (TPSA) is 38.8 Å². The molecule has 5 heteroatoms. The van der Waals surface area contributed by atoms with Gasteiger partial charge in [0.25, 0.3) is 0 Å². The van der Waals surface area contributed by atoms with Gasteiger partial charge in [-0.25, -0.2) is 9.18 Å². The normalized spacial score (nSPS) is 29.1. The van der Waals surface area contributed by atoms with Gasteiger partial charge in [0.15, 0.2) is 6.10 Å². The molecule has 1 aromatic carbocycles. The zero-order chi connectivity index (χ0) is 15.7. The molecule has 2 aliphatic rings. The lowest BCUT2D eigenvalue weighted by molar-refractivity contribution is -0.159. The number of rotatable bonds is 4. The van der Waals surface area contributed by atoms with Crippen LogP contribution < -0.4 is 4.74 Å². The first-order valence-electron chi connectivity index (χ1n) is 7.87. The number of hydrogen-bond donors (Lipinski definition) is 0. The maximum Gasteiger partial charge on any atom is 0.347 e. The van der Waals surface area contributed by atoms with Gasteiger partial charge in [-0.2, -0.15) is 0 Å². The summed E-state index contributed by atoms with van der Waals surface area (Å²) in [5.41, 5.74) is 0. The molecule has 3 rings (SSSR count). The SMILES string of the molecule is C[C@H](Oc1ccc(F)cc1)C(=O)OC1CC2CCC(C1)N2C. The Bertz CT molecular complexity index is 519. The van der Waals surface area contributed by atoms with E-state index in [0.717, 1.165) is 12.8 Å². The summed E-state index contributed by atoms with van der Waals surface area (Å²) >= 11 is 0. The summed E-state index contributed by atoms with van der Waals surface area (Å²) in [5.74, 6) is -0.211. The Hall–Kier alpha value is -1.62. The molecule has 2 fully saturated rings. The van der Waals surface area contributed by atoms with Gasteiger partial charge in [0.1, 0.15) is 17.7 Å². The van der Waals surface area contributed by atoms with Crippen LogP contribution in [0, 0.1) is 5.82 Å². The highest BCUT2D eigenvalue weighted by atomic mass is 19.1. The maximum absolute atomic E-state index is 12.9. The molecule has 4 nitrogen and oxygen atoms in total. The molecule has 1 aromatic rings. The van der Waals surface area contributed by atoms with Gasteiger partial charge in [0.2, 0.25) is 0 Å². The third-order valence-corrected chi connectivity index (χ3v) is 4.80. The summed E-state index contributed by atoms with van der Waals surface area (Å²) in [7, 11) is 2.15. The van der Waals surface area contributed by atoms with Crippen molar-refractivity contribution in [2.75, 3.05) is 7.05 Å². The van der Waals surface area contributed by atoms with E-state index in [1.165, 1.54) is 37.1 Å². The Morgan fingerprint density at radius 2 is 1.82 bits per heavy atom. The summed E-state index contributed by atoms with van der Waals surface area (Å²) < 4.78 is 24.0. The van der Waals surface area contributed by atoms with E-state index in [4.69, 9.17) is 9.47 Å². The van der Waals surface area contributed by atoms with Crippen molar-refractivity contribution in [3.05, 3.63) is 30.1 Å². The van der Waals surface area contributed by atoms with E-state index < -0.39 is 6.10 Å². The highest BCUT2D eigenvalue weighted by Crippen LogP contribution is 2.35. The van der Waals surface area contributed by atoms with Crippen LogP contribution in [-0.2, 0) is 9.53 Å². The Labute approximate surface area is 130 Å². The fraction of sp³-hybridized carbons (Fsp3) is 0.588. The summed E-state index contributed by atoms with van der Waals surface area (Å²) in [6, 6.07) is 6.70. The first-order valence-corrected chi connectivity index (χ1v) is 7.87. The molecule has 2 unspecified atom stereocenters. The van der Waals surface area contributed by atoms with Crippen LogP contribution in [0.25, 0.3) is 0 Å². The number of carbonyl (C=O) groups is 1. The molecule has 0 N–H and O–H groups in total. The second-order valence-corrected chi connectivity index (χ2v) is 6.29. The number of halogens is 1. The quantitative estimate of drug-likeness (QED) is 0.802. The van der Waals surface area contributed by atoms with Crippen LogP contribution in [-0.4, -0.2) is 42.2 Å². The molecule has 0 radical (unpaired) electrons. The molecule has 0 spiro atoms. The van der Waals surface area contributed by atoms with Crippen molar-refractivity contribution < 1.29 is 18.7 Å². The van der Waals surface area contributed by atoms with Gasteiger partial charge in [-0.05, 0) is 63.9 Å². The highest BCUT2D eigenvalue weighted by molar-refractivity contribution is 5.74. The Balaban J connectivity index is 1.52. The lowest BCUT2D eigenvalue weighted by Crippen LogP contribution is -2.44. The van der Waals surface area contributed by atoms with Crippen molar-refractivity contribution in [3.8, 4) is 5.75 Å². The number of esters is 1. The van der Waals surface area contributed by atoms with Crippen molar-refractivity contribution in [2.45, 2.75) is 56.9 Å². The maximum atomic E-state index is 12.9. The molecule has 120 valence electrons.